The molecule has 0 aromatic carbocycles. The first-order valence-electron chi connectivity index (χ1n) is 5.82. The number of carboxylic acid groups (broad SMARTS) is 1. The summed E-state index contributed by atoms with van der Waals surface area (Å²) in [6.45, 7) is 4.08. The minimum Gasteiger partial charge on any atom is -0.476 e. The molecule has 0 saturated heterocycles. The number of carboxylic acids is 1. The summed E-state index contributed by atoms with van der Waals surface area (Å²) in [6, 6.07) is 1.88. The smallest absolute Gasteiger partial charge is 0.356 e. The van der Waals surface area contributed by atoms with Crippen LogP contribution in [0.25, 0.3) is 10.8 Å². The number of thiazole rings is 1. The van der Waals surface area contributed by atoms with Crippen molar-refractivity contribution in [2.24, 2.45) is 0 Å². The lowest BCUT2D eigenvalue weighted by atomic mass is 10.1. The zero-order valence-corrected chi connectivity index (χ0v) is 11.3. The van der Waals surface area contributed by atoms with Gasteiger partial charge in [-0.1, -0.05) is 13.8 Å². The van der Waals surface area contributed by atoms with Crippen LogP contribution in [0.5, 0.6) is 0 Å². The molecule has 3 heterocycles. The van der Waals surface area contributed by atoms with Crippen molar-refractivity contribution in [2.75, 3.05) is 0 Å². The van der Waals surface area contributed by atoms with Crippen LogP contribution >= 0.6 is 11.3 Å². The maximum Gasteiger partial charge on any atom is 0.356 e. The largest absolute Gasteiger partial charge is 0.476 e. The highest BCUT2D eigenvalue weighted by molar-refractivity contribution is 7.15. The van der Waals surface area contributed by atoms with E-state index in [-0.39, 0.29) is 5.69 Å². The molecule has 0 radical (unpaired) electrons. The van der Waals surface area contributed by atoms with Crippen molar-refractivity contribution in [1.82, 2.24) is 19.2 Å². The van der Waals surface area contributed by atoms with E-state index < -0.39 is 5.97 Å². The topological polar surface area (TPSA) is 72.4 Å². The molecule has 0 fully saturated rings. The number of rotatable bonds is 3. The zero-order chi connectivity index (χ0) is 13.6. The van der Waals surface area contributed by atoms with E-state index in [4.69, 9.17) is 0 Å². The van der Waals surface area contributed by atoms with Crippen LogP contribution < -0.4 is 0 Å². The van der Waals surface area contributed by atoms with Gasteiger partial charge in [0.05, 0.1) is 5.69 Å². The van der Waals surface area contributed by atoms with Gasteiger partial charge in [-0.25, -0.2) is 9.48 Å². The molecule has 19 heavy (non-hydrogen) atoms. The second-order valence-electron chi connectivity index (χ2n) is 4.48. The minimum atomic E-state index is -1.01. The van der Waals surface area contributed by atoms with Gasteiger partial charge in [0.1, 0.15) is 0 Å². The number of hydrogen-bond donors (Lipinski definition) is 1. The second-order valence-corrected chi connectivity index (χ2v) is 5.36. The van der Waals surface area contributed by atoms with Crippen molar-refractivity contribution in [1.29, 1.82) is 0 Å². The molecule has 0 atom stereocenters. The van der Waals surface area contributed by atoms with Crippen molar-refractivity contribution in [3.8, 4) is 5.82 Å². The summed E-state index contributed by atoms with van der Waals surface area (Å²) >= 11 is 1.39. The van der Waals surface area contributed by atoms with E-state index in [9.17, 15) is 9.90 Å². The van der Waals surface area contributed by atoms with Crippen LogP contribution in [0.2, 0.25) is 0 Å². The predicted octanol–water partition coefficient (Wildman–Crippen LogP) is 2.40. The van der Waals surface area contributed by atoms with E-state index in [1.807, 2.05) is 19.9 Å². The Hall–Kier alpha value is -2.15. The summed E-state index contributed by atoms with van der Waals surface area (Å²) in [7, 11) is 0. The highest BCUT2D eigenvalue weighted by atomic mass is 32.1. The van der Waals surface area contributed by atoms with Crippen LogP contribution in [0.1, 0.15) is 35.9 Å². The third-order valence-corrected chi connectivity index (χ3v) is 3.62. The van der Waals surface area contributed by atoms with Gasteiger partial charge >= 0.3 is 5.97 Å². The van der Waals surface area contributed by atoms with Crippen LogP contribution in [0.4, 0.5) is 0 Å². The Kier molecular flexibility index (Phi) is 2.63. The maximum absolute atomic E-state index is 11.4. The van der Waals surface area contributed by atoms with Gasteiger partial charge in [0.2, 0.25) is 0 Å². The third-order valence-electron chi connectivity index (χ3n) is 2.86. The van der Waals surface area contributed by atoms with Crippen molar-refractivity contribution in [3.63, 3.8) is 0 Å². The lowest BCUT2D eigenvalue weighted by molar-refractivity contribution is 0.0689. The molecule has 0 unspecified atom stereocenters. The number of hydrogen-bond acceptors (Lipinski definition) is 4. The van der Waals surface area contributed by atoms with Crippen molar-refractivity contribution < 1.29 is 9.90 Å². The van der Waals surface area contributed by atoms with E-state index in [0.717, 1.165) is 5.69 Å². The van der Waals surface area contributed by atoms with Gasteiger partial charge in [-0.3, -0.25) is 4.40 Å². The van der Waals surface area contributed by atoms with Crippen molar-refractivity contribution >= 4 is 22.3 Å². The van der Waals surface area contributed by atoms with Crippen LogP contribution in [-0.4, -0.2) is 30.2 Å². The van der Waals surface area contributed by atoms with Gasteiger partial charge in [0.15, 0.2) is 16.5 Å². The summed E-state index contributed by atoms with van der Waals surface area (Å²) < 4.78 is 3.09. The van der Waals surface area contributed by atoms with Crippen LogP contribution in [0.3, 0.4) is 0 Å². The predicted molar refractivity (Wildman–Crippen MR) is 71.2 cm³/mol. The molecule has 0 amide bonds. The fraction of sp³-hybridized carbons (Fsp3) is 0.250. The van der Waals surface area contributed by atoms with E-state index >= 15 is 0 Å². The fourth-order valence-corrected chi connectivity index (χ4v) is 2.61. The van der Waals surface area contributed by atoms with Crippen molar-refractivity contribution in [3.05, 3.63) is 35.2 Å². The quantitative estimate of drug-likeness (QED) is 0.797. The molecule has 3 aromatic heterocycles. The molecule has 3 aromatic rings. The van der Waals surface area contributed by atoms with Gasteiger partial charge < -0.3 is 5.11 Å². The van der Waals surface area contributed by atoms with Crippen LogP contribution in [-0.2, 0) is 0 Å². The van der Waals surface area contributed by atoms with Gasteiger partial charge in [0.25, 0.3) is 0 Å². The average Bonchev–Trinajstić information content (AvgIpc) is 3.02. The second kappa shape index (κ2) is 4.20. The zero-order valence-electron chi connectivity index (χ0n) is 10.4. The van der Waals surface area contributed by atoms with E-state index in [1.165, 1.54) is 16.0 Å². The molecule has 1 N–H and O–H groups in total. The van der Waals surface area contributed by atoms with Gasteiger partial charge in [0, 0.05) is 17.8 Å². The highest BCUT2D eigenvalue weighted by Crippen LogP contribution is 2.21. The summed E-state index contributed by atoms with van der Waals surface area (Å²) in [5, 5.41) is 15.5. The standard InChI is InChI=1S/C12H12N4O2S/c1-7(2)8-3-4-16(14-8)10-9(11(17)18)15-5-6-19-12(15)13-10/h3-7H,1-2H3,(H,17,18). The molecule has 98 valence electrons. The Morgan fingerprint density at radius 1 is 1.42 bits per heavy atom. The Bertz CT molecular complexity index is 753. The van der Waals surface area contributed by atoms with Crippen LogP contribution in [0, 0.1) is 0 Å². The molecule has 0 bridgehead atoms. The lowest BCUT2D eigenvalue weighted by Crippen LogP contribution is -2.08. The van der Waals surface area contributed by atoms with E-state index in [1.54, 1.807) is 22.2 Å². The molecule has 3 rings (SSSR count). The Morgan fingerprint density at radius 2 is 2.21 bits per heavy atom. The first kappa shape index (κ1) is 11.9. The van der Waals surface area contributed by atoms with Gasteiger partial charge in [-0.15, -0.1) is 11.3 Å². The lowest BCUT2D eigenvalue weighted by Gasteiger charge is -2.00. The van der Waals surface area contributed by atoms with E-state index in [2.05, 4.69) is 10.1 Å². The monoisotopic (exact) mass is 276 g/mol. The molecule has 0 aliphatic rings. The summed E-state index contributed by atoms with van der Waals surface area (Å²) in [5.41, 5.74) is 1.04. The van der Waals surface area contributed by atoms with Crippen molar-refractivity contribution in [2.45, 2.75) is 19.8 Å². The normalized spacial score (nSPS) is 11.5. The Balaban J connectivity index is 2.20. The summed E-state index contributed by atoms with van der Waals surface area (Å²) in [5.74, 6) is -0.369. The number of aromatic carboxylic acids is 1. The third kappa shape index (κ3) is 1.82. The molecule has 0 aliphatic carbocycles. The Labute approximate surface area is 112 Å². The van der Waals surface area contributed by atoms with E-state index in [0.29, 0.717) is 16.7 Å². The molecular formula is C12H12N4O2S. The minimum absolute atomic E-state index is 0.134. The number of fused-ring (bicyclic) bond motifs is 1. The average molecular weight is 276 g/mol. The molecular weight excluding hydrogens is 264 g/mol. The fourth-order valence-electron chi connectivity index (χ4n) is 1.90. The molecule has 7 heteroatoms. The first-order valence-corrected chi connectivity index (χ1v) is 6.70. The molecule has 0 saturated carbocycles. The maximum atomic E-state index is 11.4. The summed E-state index contributed by atoms with van der Waals surface area (Å²) in [4.78, 5) is 16.4. The number of aromatic nitrogens is 4. The highest BCUT2D eigenvalue weighted by Gasteiger charge is 2.21. The van der Waals surface area contributed by atoms with Gasteiger partial charge in [-0.05, 0) is 12.0 Å². The molecule has 0 spiro atoms. The number of nitrogens with zero attached hydrogens (tertiary/aromatic N) is 4. The molecule has 0 aliphatic heterocycles. The SMILES string of the molecule is CC(C)c1ccn(-c2nc3sccn3c2C(=O)O)n1. The molecule has 6 nitrogen and oxygen atoms in total. The number of imidazole rings is 1. The summed E-state index contributed by atoms with van der Waals surface area (Å²) in [6.07, 6.45) is 3.45. The van der Waals surface area contributed by atoms with Crippen LogP contribution in [0.15, 0.2) is 23.8 Å². The number of carbonyl (C=O) groups is 1. The first-order chi connectivity index (χ1) is 9.08. The Morgan fingerprint density at radius 3 is 2.84 bits per heavy atom. The van der Waals surface area contributed by atoms with Gasteiger partial charge in [-0.2, -0.15) is 10.1 Å².